The Morgan fingerprint density at radius 3 is 1.45 bits per heavy atom. The van der Waals surface area contributed by atoms with E-state index < -0.39 is 0 Å². The molecule has 47 heavy (non-hydrogen) atoms. The molecule has 0 fully saturated rings. The van der Waals surface area contributed by atoms with E-state index in [-0.39, 0.29) is 0 Å². The van der Waals surface area contributed by atoms with Crippen molar-refractivity contribution in [3.8, 4) is 33.4 Å². The van der Waals surface area contributed by atoms with Crippen LogP contribution in [0, 0.1) is 0 Å². The highest BCUT2D eigenvalue weighted by molar-refractivity contribution is 6.23. The van der Waals surface area contributed by atoms with Crippen molar-refractivity contribution in [1.82, 2.24) is 0 Å². The maximum absolute atomic E-state index is 6.23. The summed E-state index contributed by atoms with van der Waals surface area (Å²) in [6.07, 6.45) is 0. The molecule has 10 aromatic rings. The van der Waals surface area contributed by atoms with Crippen LogP contribution in [-0.2, 0) is 0 Å². The van der Waals surface area contributed by atoms with Crippen LogP contribution in [0.15, 0.2) is 174 Å². The summed E-state index contributed by atoms with van der Waals surface area (Å²) in [4.78, 5) is 0. The second-order valence-corrected chi connectivity index (χ2v) is 12.5. The molecule has 9 aromatic carbocycles. The number of benzene rings is 9. The summed E-state index contributed by atoms with van der Waals surface area (Å²) in [5.74, 6) is 0. The minimum Gasteiger partial charge on any atom is -0.456 e. The van der Waals surface area contributed by atoms with Crippen LogP contribution in [0.25, 0.3) is 98.4 Å². The molecule has 0 radical (unpaired) electrons. The van der Waals surface area contributed by atoms with E-state index in [4.69, 9.17) is 4.42 Å². The van der Waals surface area contributed by atoms with Crippen LogP contribution in [0.3, 0.4) is 0 Å². The lowest BCUT2D eigenvalue weighted by Crippen LogP contribution is -1.92. The Labute approximate surface area is 271 Å². The van der Waals surface area contributed by atoms with Crippen LogP contribution >= 0.6 is 0 Å². The van der Waals surface area contributed by atoms with Crippen LogP contribution in [-0.4, -0.2) is 0 Å². The first-order valence-electron chi connectivity index (χ1n) is 16.2. The predicted molar refractivity (Wildman–Crippen MR) is 200 cm³/mol. The van der Waals surface area contributed by atoms with Gasteiger partial charge in [-0.3, -0.25) is 0 Å². The molecular formula is C46H28O. The number of rotatable bonds is 3. The molecule has 0 spiro atoms. The largest absolute Gasteiger partial charge is 0.456 e. The van der Waals surface area contributed by atoms with Crippen LogP contribution in [0.5, 0.6) is 0 Å². The SMILES string of the molecule is c1ccc2cc(-c3ccc4c(-c5ccc6oc7ccccc7c6c5)c5ccccc5c(-c5ccc6ccccc6c5)c4c3)ccc2c1. The Morgan fingerprint density at radius 1 is 0.255 bits per heavy atom. The lowest BCUT2D eigenvalue weighted by Gasteiger charge is -2.19. The molecule has 0 N–H and O–H groups in total. The second kappa shape index (κ2) is 10.2. The Hall–Kier alpha value is -6.18. The molecule has 218 valence electrons. The fourth-order valence-electron chi connectivity index (χ4n) is 7.58. The van der Waals surface area contributed by atoms with Gasteiger partial charge in [0.15, 0.2) is 0 Å². The highest BCUT2D eigenvalue weighted by Crippen LogP contribution is 2.46. The van der Waals surface area contributed by atoms with Crippen molar-refractivity contribution in [1.29, 1.82) is 0 Å². The van der Waals surface area contributed by atoms with Gasteiger partial charge in [0.2, 0.25) is 0 Å². The van der Waals surface area contributed by atoms with E-state index in [2.05, 4.69) is 158 Å². The summed E-state index contributed by atoms with van der Waals surface area (Å²) < 4.78 is 6.23. The van der Waals surface area contributed by atoms with Gasteiger partial charge in [-0.1, -0.05) is 133 Å². The van der Waals surface area contributed by atoms with Crippen molar-refractivity contribution in [2.24, 2.45) is 0 Å². The molecule has 1 heterocycles. The van der Waals surface area contributed by atoms with Crippen LogP contribution in [0.1, 0.15) is 0 Å². The first-order valence-corrected chi connectivity index (χ1v) is 16.2. The molecule has 0 aliphatic carbocycles. The van der Waals surface area contributed by atoms with E-state index in [0.717, 1.165) is 21.9 Å². The zero-order valence-corrected chi connectivity index (χ0v) is 25.6. The summed E-state index contributed by atoms with van der Waals surface area (Å²) in [6, 6.07) is 61.8. The van der Waals surface area contributed by atoms with Crippen LogP contribution in [0.2, 0.25) is 0 Å². The average molecular weight is 597 g/mol. The van der Waals surface area contributed by atoms with E-state index in [0.29, 0.717) is 0 Å². The summed E-state index contributed by atoms with van der Waals surface area (Å²) >= 11 is 0. The third kappa shape index (κ3) is 4.10. The minimum absolute atomic E-state index is 0.912. The summed E-state index contributed by atoms with van der Waals surface area (Å²) in [5, 5.41) is 12.3. The van der Waals surface area contributed by atoms with Gasteiger partial charge in [-0.05, 0) is 113 Å². The molecule has 0 bridgehead atoms. The molecular weight excluding hydrogens is 569 g/mol. The average Bonchev–Trinajstić information content (AvgIpc) is 3.51. The zero-order chi connectivity index (χ0) is 30.9. The highest BCUT2D eigenvalue weighted by Gasteiger charge is 2.19. The quantitative estimate of drug-likeness (QED) is 0.185. The van der Waals surface area contributed by atoms with Crippen molar-refractivity contribution >= 4 is 65.0 Å². The van der Waals surface area contributed by atoms with Gasteiger partial charge in [0.05, 0.1) is 0 Å². The van der Waals surface area contributed by atoms with Crippen molar-refractivity contribution in [3.05, 3.63) is 170 Å². The molecule has 0 amide bonds. The van der Waals surface area contributed by atoms with Gasteiger partial charge in [0, 0.05) is 10.8 Å². The summed E-state index contributed by atoms with van der Waals surface area (Å²) in [5.41, 5.74) is 9.19. The predicted octanol–water partition coefficient (Wildman–Crippen LogP) is 13.2. The first kappa shape index (κ1) is 26.1. The topological polar surface area (TPSA) is 13.1 Å². The molecule has 1 aromatic heterocycles. The highest BCUT2D eigenvalue weighted by atomic mass is 16.3. The van der Waals surface area contributed by atoms with Crippen molar-refractivity contribution in [2.75, 3.05) is 0 Å². The number of para-hydroxylation sites is 1. The van der Waals surface area contributed by atoms with E-state index in [1.165, 1.54) is 76.5 Å². The van der Waals surface area contributed by atoms with Crippen molar-refractivity contribution < 1.29 is 4.42 Å². The van der Waals surface area contributed by atoms with Gasteiger partial charge in [-0.25, -0.2) is 0 Å². The molecule has 10 rings (SSSR count). The summed E-state index contributed by atoms with van der Waals surface area (Å²) in [6.45, 7) is 0. The second-order valence-electron chi connectivity index (χ2n) is 12.5. The van der Waals surface area contributed by atoms with E-state index in [1.807, 2.05) is 12.1 Å². The van der Waals surface area contributed by atoms with Gasteiger partial charge in [-0.15, -0.1) is 0 Å². The Kier molecular flexibility index (Phi) is 5.64. The molecule has 1 nitrogen and oxygen atoms in total. The first-order chi connectivity index (χ1) is 23.3. The number of hydrogen-bond donors (Lipinski definition) is 0. The third-order valence-corrected chi connectivity index (χ3v) is 9.81. The lowest BCUT2D eigenvalue weighted by molar-refractivity contribution is 0.669. The number of furan rings is 1. The molecule has 0 aliphatic heterocycles. The Bertz CT molecular complexity index is 2850. The zero-order valence-electron chi connectivity index (χ0n) is 25.6. The lowest BCUT2D eigenvalue weighted by atomic mass is 9.84. The number of fused-ring (bicyclic) bond motifs is 7. The summed E-state index contributed by atoms with van der Waals surface area (Å²) in [7, 11) is 0. The molecule has 0 saturated carbocycles. The smallest absolute Gasteiger partial charge is 0.135 e. The van der Waals surface area contributed by atoms with Crippen LogP contribution in [0.4, 0.5) is 0 Å². The number of hydrogen-bond acceptors (Lipinski definition) is 1. The van der Waals surface area contributed by atoms with E-state index in [9.17, 15) is 0 Å². The molecule has 0 atom stereocenters. The van der Waals surface area contributed by atoms with Crippen LogP contribution < -0.4 is 0 Å². The minimum atomic E-state index is 0.912. The van der Waals surface area contributed by atoms with Gasteiger partial charge >= 0.3 is 0 Å². The van der Waals surface area contributed by atoms with Gasteiger partial charge < -0.3 is 4.42 Å². The third-order valence-electron chi connectivity index (χ3n) is 9.81. The fraction of sp³-hybridized carbons (Fsp3) is 0. The van der Waals surface area contributed by atoms with Gasteiger partial charge in [0.25, 0.3) is 0 Å². The Balaban J connectivity index is 1.31. The molecule has 0 unspecified atom stereocenters. The normalized spacial score (nSPS) is 11.8. The van der Waals surface area contributed by atoms with Crippen molar-refractivity contribution in [3.63, 3.8) is 0 Å². The monoisotopic (exact) mass is 596 g/mol. The van der Waals surface area contributed by atoms with Crippen molar-refractivity contribution in [2.45, 2.75) is 0 Å². The standard InChI is InChI=1S/C46H28O/c1-3-11-31-25-33(19-17-29(31)9-1)34-21-23-40-42(27-34)46(35-20-18-30-10-2-4-12-32(30)26-35)39-15-6-5-14-38(39)45(40)36-22-24-44-41(28-36)37-13-7-8-16-43(37)47-44/h1-28H. The Morgan fingerprint density at radius 2 is 0.702 bits per heavy atom. The van der Waals surface area contributed by atoms with E-state index in [1.54, 1.807) is 0 Å². The molecule has 0 aliphatic rings. The molecule has 1 heteroatoms. The molecule has 0 saturated heterocycles. The van der Waals surface area contributed by atoms with Gasteiger partial charge in [0.1, 0.15) is 11.2 Å². The fourth-order valence-corrected chi connectivity index (χ4v) is 7.58. The maximum atomic E-state index is 6.23. The van der Waals surface area contributed by atoms with Gasteiger partial charge in [-0.2, -0.15) is 0 Å². The van der Waals surface area contributed by atoms with E-state index >= 15 is 0 Å². The maximum Gasteiger partial charge on any atom is 0.135 e.